The summed E-state index contributed by atoms with van der Waals surface area (Å²) in [5.41, 5.74) is 2.67. The van der Waals surface area contributed by atoms with E-state index in [1.165, 1.54) is 23.1 Å². The minimum atomic E-state index is -0.981. The molecule has 0 bridgehead atoms. The smallest absolute Gasteiger partial charge is 0.414 e. The van der Waals surface area contributed by atoms with Crippen molar-refractivity contribution in [2.75, 3.05) is 31.9 Å². The number of hydrogen-bond donors (Lipinski definition) is 2. The highest BCUT2D eigenvalue weighted by atomic mass is 35.5. The van der Waals surface area contributed by atoms with Crippen LogP contribution < -0.4 is 4.72 Å². The number of piperazine rings is 1. The van der Waals surface area contributed by atoms with Crippen molar-refractivity contribution in [2.24, 2.45) is 0 Å². The average Bonchev–Trinajstić information content (AvgIpc) is 2.70. The molecule has 6 nitrogen and oxygen atoms in total. The third kappa shape index (κ3) is 9.12. The van der Waals surface area contributed by atoms with Gasteiger partial charge >= 0.3 is 6.09 Å². The minimum Gasteiger partial charge on any atom is -0.464 e. The van der Waals surface area contributed by atoms with E-state index in [2.05, 4.69) is 69.1 Å². The molecule has 0 radical (unpaired) electrons. The van der Waals surface area contributed by atoms with Gasteiger partial charge in [-0.15, -0.1) is 24.8 Å². The van der Waals surface area contributed by atoms with Crippen molar-refractivity contribution in [1.29, 1.82) is 0 Å². The number of carbonyl (C=O) groups is 1. The van der Waals surface area contributed by atoms with Crippen LogP contribution in [0.25, 0.3) is 0 Å². The van der Waals surface area contributed by atoms with Gasteiger partial charge in [0.05, 0.1) is 0 Å². The number of nitrogens with one attached hydrogen (secondary N) is 1. The van der Waals surface area contributed by atoms with Gasteiger partial charge in [0.15, 0.2) is 0 Å². The molecule has 0 saturated carbocycles. The number of rotatable bonds is 8. The Bertz CT molecular complexity index is 705. The second kappa shape index (κ2) is 15.3. The molecule has 4 N–H and O–H groups in total. The molecule has 2 aromatic carbocycles. The minimum absolute atomic E-state index is 0. The first-order valence-electron chi connectivity index (χ1n) is 9.38. The molecule has 1 fully saturated rings. The Hall–Kier alpha value is -1.48. The summed E-state index contributed by atoms with van der Waals surface area (Å²) >= 11 is 1.26. The zero-order valence-electron chi connectivity index (χ0n) is 16.8. The van der Waals surface area contributed by atoms with E-state index in [0.717, 1.165) is 44.9 Å². The van der Waals surface area contributed by atoms with Gasteiger partial charge in [-0.25, -0.2) is 4.79 Å². The fourth-order valence-corrected chi connectivity index (χ4v) is 4.16. The van der Waals surface area contributed by atoms with Crippen LogP contribution in [0.1, 0.15) is 23.6 Å². The van der Waals surface area contributed by atoms with Gasteiger partial charge in [0.1, 0.15) is 0 Å². The normalized spacial score (nSPS) is 15.1. The molecular formula is C21H31Cl2N3O3S. The van der Waals surface area contributed by atoms with Crippen LogP contribution >= 0.6 is 36.8 Å². The molecule has 1 heterocycles. The Morgan fingerprint density at radius 2 is 1.53 bits per heavy atom. The lowest BCUT2D eigenvalue weighted by Crippen LogP contribution is -2.47. The molecule has 1 amide bonds. The van der Waals surface area contributed by atoms with E-state index in [1.54, 1.807) is 0 Å². The average molecular weight is 476 g/mol. The SMILES string of the molecule is Cl.Cl.O.O=C(O)NSCCC(c1ccccc1)N1CCN(Cc2ccccc2)CC1. The van der Waals surface area contributed by atoms with Gasteiger partial charge in [-0.05, 0) is 29.5 Å². The largest absolute Gasteiger partial charge is 0.464 e. The van der Waals surface area contributed by atoms with Crippen LogP contribution in [0.2, 0.25) is 0 Å². The lowest BCUT2D eigenvalue weighted by Gasteiger charge is -2.39. The van der Waals surface area contributed by atoms with E-state index in [4.69, 9.17) is 5.11 Å². The summed E-state index contributed by atoms with van der Waals surface area (Å²) in [5.74, 6) is 0.760. The summed E-state index contributed by atoms with van der Waals surface area (Å²) in [6, 6.07) is 21.5. The summed E-state index contributed by atoms with van der Waals surface area (Å²) in [6.45, 7) is 5.17. The quantitative estimate of drug-likeness (QED) is 0.446. The number of benzene rings is 2. The van der Waals surface area contributed by atoms with E-state index in [-0.39, 0.29) is 30.3 Å². The zero-order chi connectivity index (χ0) is 18.9. The monoisotopic (exact) mass is 475 g/mol. The van der Waals surface area contributed by atoms with Crippen LogP contribution in [-0.4, -0.2) is 58.4 Å². The summed E-state index contributed by atoms with van der Waals surface area (Å²) in [6.07, 6.45) is -0.0565. The van der Waals surface area contributed by atoms with Crippen LogP contribution in [0.4, 0.5) is 4.79 Å². The maximum atomic E-state index is 10.7. The number of hydrogen-bond acceptors (Lipinski definition) is 4. The van der Waals surface area contributed by atoms with Crippen molar-refractivity contribution in [1.82, 2.24) is 14.5 Å². The van der Waals surface area contributed by atoms with Crippen LogP contribution in [0.5, 0.6) is 0 Å². The van der Waals surface area contributed by atoms with Crippen molar-refractivity contribution in [3.8, 4) is 0 Å². The maximum absolute atomic E-state index is 10.7. The zero-order valence-corrected chi connectivity index (χ0v) is 19.2. The highest BCUT2D eigenvalue weighted by Crippen LogP contribution is 2.27. The van der Waals surface area contributed by atoms with Crippen LogP contribution in [0.15, 0.2) is 60.7 Å². The summed E-state index contributed by atoms with van der Waals surface area (Å²) in [4.78, 5) is 15.7. The Labute approximate surface area is 195 Å². The van der Waals surface area contributed by atoms with Gasteiger partial charge in [0, 0.05) is 44.5 Å². The first-order valence-corrected chi connectivity index (χ1v) is 10.4. The Balaban J connectivity index is 0.00000280. The van der Waals surface area contributed by atoms with E-state index >= 15 is 0 Å². The standard InChI is InChI=1S/C21H27N3O2S.2ClH.H2O/c25-21(26)22-27-16-11-20(19-9-5-2-6-10-19)24-14-12-23(13-15-24)17-18-7-3-1-4-8-18;;;/h1-10,20,22H,11-17H2,(H,25,26);2*1H;1H2. The van der Waals surface area contributed by atoms with Gasteiger partial charge in [0.25, 0.3) is 0 Å². The Morgan fingerprint density at radius 1 is 0.967 bits per heavy atom. The lowest BCUT2D eigenvalue weighted by atomic mass is 10.0. The number of halogens is 2. The molecule has 9 heteroatoms. The molecule has 1 unspecified atom stereocenters. The fraction of sp³-hybridized carbons (Fsp3) is 0.381. The van der Waals surface area contributed by atoms with Crippen molar-refractivity contribution >= 4 is 42.9 Å². The predicted octanol–water partition coefficient (Wildman–Crippen LogP) is 3.87. The van der Waals surface area contributed by atoms with Crippen molar-refractivity contribution in [2.45, 2.75) is 19.0 Å². The number of carboxylic acid groups (broad SMARTS) is 1. The van der Waals surface area contributed by atoms with Crippen LogP contribution in [0, 0.1) is 0 Å². The van der Waals surface area contributed by atoms with Crippen molar-refractivity contribution in [3.63, 3.8) is 0 Å². The molecule has 1 aliphatic rings. The van der Waals surface area contributed by atoms with E-state index in [1.807, 2.05) is 6.07 Å². The second-order valence-corrected chi connectivity index (χ2v) is 7.67. The first-order chi connectivity index (χ1) is 13.2. The molecule has 2 aromatic rings. The molecule has 1 atom stereocenters. The van der Waals surface area contributed by atoms with Gasteiger partial charge in [0.2, 0.25) is 0 Å². The van der Waals surface area contributed by atoms with Crippen LogP contribution in [-0.2, 0) is 6.54 Å². The highest BCUT2D eigenvalue weighted by molar-refractivity contribution is 7.97. The maximum Gasteiger partial charge on any atom is 0.414 e. The van der Waals surface area contributed by atoms with Crippen LogP contribution in [0.3, 0.4) is 0 Å². The van der Waals surface area contributed by atoms with Gasteiger partial charge in [-0.1, -0.05) is 60.7 Å². The van der Waals surface area contributed by atoms with E-state index < -0.39 is 6.09 Å². The molecule has 0 spiro atoms. The summed E-state index contributed by atoms with van der Waals surface area (Å²) < 4.78 is 2.40. The predicted molar refractivity (Wildman–Crippen MR) is 129 cm³/mol. The fourth-order valence-electron chi connectivity index (χ4n) is 3.59. The first kappa shape index (κ1) is 28.5. The van der Waals surface area contributed by atoms with E-state index in [9.17, 15) is 4.79 Å². The highest BCUT2D eigenvalue weighted by Gasteiger charge is 2.25. The summed E-state index contributed by atoms with van der Waals surface area (Å²) in [7, 11) is 0. The van der Waals surface area contributed by atoms with Gasteiger partial charge < -0.3 is 10.6 Å². The molecule has 0 aliphatic carbocycles. The Kier molecular flexibility index (Phi) is 14.6. The molecule has 1 aliphatic heterocycles. The molecule has 168 valence electrons. The molecule has 30 heavy (non-hydrogen) atoms. The second-order valence-electron chi connectivity index (χ2n) is 6.77. The number of amides is 1. The topological polar surface area (TPSA) is 87.3 Å². The third-order valence-corrected chi connectivity index (χ3v) is 5.69. The van der Waals surface area contributed by atoms with E-state index in [0.29, 0.717) is 6.04 Å². The molecular weight excluding hydrogens is 445 g/mol. The molecule has 3 rings (SSSR count). The summed E-state index contributed by atoms with van der Waals surface area (Å²) in [5, 5.41) is 8.75. The third-order valence-electron chi connectivity index (χ3n) is 4.93. The molecule has 1 saturated heterocycles. The molecule has 0 aromatic heterocycles. The van der Waals surface area contributed by atoms with Crippen molar-refractivity contribution < 1.29 is 15.4 Å². The van der Waals surface area contributed by atoms with Gasteiger partial charge in [-0.3, -0.25) is 14.5 Å². The van der Waals surface area contributed by atoms with Gasteiger partial charge in [-0.2, -0.15) is 0 Å². The van der Waals surface area contributed by atoms with Crippen molar-refractivity contribution in [3.05, 3.63) is 71.8 Å². The lowest BCUT2D eigenvalue weighted by molar-refractivity contribution is 0.0901. The Morgan fingerprint density at radius 3 is 2.10 bits per heavy atom. The number of nitrogens with zero attached hydrogens (tertiary/aromatic N) is 2.